The van der Waals surface area contributed by atoms with Gasteiger partial charge in [0, 0.05) is 5.02 Å². The molecule has 33 heavy (non-hydrogen) atoms. The predicted octanol–water partition coefficient (Wildman–Crippen LogP) is 5.68. The molecule has 2 aromatic carbocycles. The fourth-order valence-electron chi connectivity index (χ4n) is 3.05. The van der Waals surface area contributed by atoms with Crippen molar-refractivity contribution in [3.05, 3.63) is 61.9 Å². The molecule has 0 aliphatic carbocycles. The lowest BCUT2D eigenvalue weighted by Crippen LogP contribution is -2.42. The number of ether oxygens (including phenoxy) is 3. The van der Waals surface area contributed by atoms with Crippen molar-refractivity contribution in [2.45, 2.75) is 26.5 Å². The number of methoxy groups -OCH3 is 1. The number of thioether (sulfide) groups is 1. The molecule has 1 aliphatic rings. The van der Waals surface area contributed by atoms with Gasteiger partial charge in [-0.25, -0.2) is 4.79 Å². The normalized spacial score (nSPS) is 15.7. The summed E-state index contributed by atoms with van der Waals surface area (Å²) in [5.41, 5.74) is 1.56. The van der Waals surface area contributed by atoms with Gasteiger partial charge in [-0.15, -0.1) is 0 Å². The summed E-state index contributed by atoms with van der Waals surface area (Å²) in [6.07, 6.45) is 1.57. The Balaban J connectivity index is 1.86. The molecule has 0 N–H and O–H groups in total. The van der Waals surface area contributed by atoms with Gasteiger partial charge in [0.2, 0.25) is 0 Å². The van der Waals surface area contributed by atoms with Crippen LogP contribution in [0.2, 0.25) is 5.02 Å². The molecule has 3 rings (SSSR count). The van der Waals surface area contributed by atoms with Crippen molar-refractivity contribution in [3.63, 3.8) is 0 Å². The van der Waals surface area contributed by atoms with Crippen molar-refractivity contribution < 1.29 is 28.6 Å². The van der Waals surface area contributed by atoms with Gasteiger partial charge in [0.15, 0.2) is 11.5 Å². The molecule has 0 saturated carbocycles. The Hall–Kier alpha value is -2.49. The fourth-order valence-corrected chi connectivity index (χ4v) is 4.66. The highest BCUT2D eigenvalue weighted by Crippen LogP contribution is 2.40. The van der Waals surface area contributed by atoms with Crippen LogP contribution in [0.15, 0.2) is 45.8 Å². The maximum atomic E-state index is 12.8. The highest BCUT2D eigenvalue weighted by molar-refractivity contribution is 9.10. The lowest BCUT2D eigenvalue weighted by molar-refractivity contribution is -0.148. The highest BCUT2D eigenvalue weighted by Gasteiger charge is 2.41. The summed E-state index contributed by atoms with van der Waals surface area (Å²) in [7, 11) is 1.21. The van der Waals surface area contributed by atoms with E-state index >= 15 is 0 Å². The molecule has 0 aromatic heterocycles. The van der Waals surface area contributed by atoms with Crippen molar-refractivity contribution in [3.8, 4) is 11.5 Å². The molecular weight excluding hydrogens is 534 g/mol. The maximum absolute atomic E-state index is 12.8. The molecule has 1 fully saturated rings. The van der Waals surface area contributed by atoms with Gasteiger partial charge in [-0.3, -0.25) is 14.5 Å². The van der Waals surface area contributed by atoms with E-state index in [1.165, 1.54) is 14.0 Å². The summed E-state index contributed by atoms with van der Waals surface area (Å²) in [6.45, 7) is 4.00. The summed E-state index contributed by atoms with van der Waals surface area (Å²) in [6, 6.07) is 9.79. The molecule has 1 aliphatic heterocycles. The van der Waals surface area contributed by atoms with E-state index in [-0.39, 0.29) is 4.91 Å². The summed E-state index contributed by atoms with van der Waals surface area (Å²) in [5, 5.41) is 0.112. The minimum atomic E-state index is -1.01. The third-order valence-corrected chi connectivity index (χ3v) is 6.40. The Kier molecular flexibility index (Phi) is 8.45. The smallest absolute Gasteiger partial charge is 0.328 e. The van der Waals surface area contributed by atoms with Crippen LogP contribution in [0.4, 0.5) is 4.79 Å². The van der Waals surface area contributed by atoms with Crippen molar-refractivity contribution in [1.82, 2.24) is 4.90 Å². The van der Waals surface area contributed by atoms with Gasteiger partial charge in [-0.1, -0.05) is 23.7 Å². The quantitative estimate of drug-likeness (QED) is 0.307. The van der Waals surface area contributed by atoms with Gasteiger partial charge >= 0.3 is 5.97 Å². The number of esters is 1. The number of hydrogen-bond acceptors (Lipinski definition) is 7. The first kappa shape index (κ1) is 25.1. The van der Waals surface area contributed by atoms with E-state index in [9.17, 15) is 14.4 Å². The van der Waals surface area contributed by atoms with Gasteiger partial charge in [0.25, 0.3) is 11.1 Å². The number of nitrogens with zero attached hydrogens (tertiary/aromatic N) is 1. The van der Waals surface area contributed by atoms with Crippen LogP contribution in [-0.2, 0) is 20.9 Å². The van der Waals surface area contributed by atoms with Crippen molar-refractivity contribution >= 4 is 62.5 Å². The van der Waals surface area contributed by atoms with Crippen molar-refractivity contribution in [2.75, 3.05) is 13.7 Å². The molecule has 1 heterocycles. The van der Waals surface area contributed by atoms with Crippen LogP contribution in [0.25, 0.3) is 6.08 Å². The van der Waals surface area contributed by atoms with E-state index in [2.05, 4.69) is 20.7 Å². The zero-order valence-electron chi connectivity index (χ0n) is 18.1. The second kappa shape index (κ2) is 11.1. The van der Waals surface area contributed by atoms with Crippen LogP contribution >= 0.6 is 39.3 Å². The van der Waals surface area contributed by atoms with Crippen molar-refractivity contribution in [1.29, 1.82) is 0 Å². The largest absolute Gasteiger partial charge is 0.490 e. The van der Waals surface area contributed by atoms with E-state index in [1.54, 1.807) is 30.3 Å². The van der Waals surface area contributed by atoms with Gasteiger partial charge in [0.05, 0.1) is 23.1 Å². The molecule has 0 bridgehead atoms. The Morgan fingerprint density at radius 3 is 2.55 bits per heavy atom. The second-order valence-corrected chi connectivity index (χ2v) is 9.21. The minimum absolute atomic E-state index is 0.194. The standard InChI is InChI=1S/C23H21BrClNO6S/c1-4-31-18-10-15(9-17(24)20(18)32-12-14-5-7-16(25)8-6-14)11-19-21(27)26(23(29)33-19)13(2)22(28)30-3/h5-11,13H,4,12H2,1-3H3/b19-11+/t13-/m0/s1. The Morgan fingerprint density at radius 2 is 1.91 bits per heavy atom. The average molecular weight is 555 g/mol. The van der Waals surface area contributed by atoms with Gasteiger partial charge in [0.1, 0.15) is 12.6 Å². The van der Waals surface area contributed by atoms with Crippen LogP contribution < -0.4 is 9.47 Å². The molecule has 0 spiro atoms. The van der Waals surface area contributed by atoms with Gasteiger partial charge < -0.3 is 14.2 Å². The minimum Gasteiger partial charge on any atom is -0.490 e. The number of benzene rings is 2. The molecule has 2 amide bonds. The zero-order chi connectivity index (χ0) is 24.1. The highest BCUT2D eigenvalue weighted by atomic mass is 79.9. The number of amides is 2. The SMILES string of the molecule is CCOc1cc(/C=C2/SC(=O)N([C@@H](C)C(=O)OC)C2=O)cc(Br)c1OCc1ccc(Cl)cc1. The number of carbonyl (C=O) groups excluding carboxylic acids is 3. The number of imide groups is 1. The number of carbonyl (C=O) groups is 3. The maximum Gasteiger partial charge on any atom is 0.328 e. The average Bonchev–Trinajstić information content (AvgIpc) is 3.06. The summed E-state index contributed by atoms with van der Waals surface area (Å²) >= 11 is 10.2. The zero-order valence-corrected chi connectivity index (χ0v) is 21.3. The molecule has 10 heteroatoms. The molecule has 0 radical (unpaired) electrons. The molecule has 1 saturated heterocycles. The molecule has 7 nitrogen and oxygen atoms in total. The van der Waals surface area contributed by atoms with E-state index in [0.717, 1.165) is 22.2 Å². The molecule has 2 aromatic rings. The number of hydrogen-bond donors (Lipinski definition) is 0. The van der Waals surface area contributed by atoms with Crippen LogP contribution in [-0.4, -0.2) is 41.8 Å². The summed E-state index contributed by atoms with van der Waals surface area (Å²) < 4.78 is 17.0. The third-order valence-electron chi connectivity index (χ3n) is 4.68. The first-order chi connectivity index (χ1) is 15.7. The second-order valence-electron chi connectivity index (χ2n) is 6.93. The summed E-state index contributed by atoms with van der Waals surface area (Å²) in [4.78, 5) is 38.0. The fraction of sp³-hybridized carbons (Fsp3) is 0.261. The number of rotatable bonds is 8. The van der Waals surface area contributed by atoms with E-state index in [4.69, 9.17) is 21.1 Å². The monoisotopic (exact) mass is 553 g/mol. The molecule has 1 atom stereocenters. The lowest BCUT2D eigenvalue weighted by atomic mass is 10.1. The first-order valence-corrected chi connectivity index (χ1v) is 11.9. The number of halogens is 2. The third kappa shape index (κ3) is 5.90. The molecule has 0 unspecified atom stereocenters. The van der Waals surface area contributed by atoms with E-state index in [0.29, 0.717) is 39.8 Å². The Labute approximate surface area is 209 Å². The Bertz CT molecular complexity index is 1100. The lowest BCUT2D eigenvalue weighted by Gasteiger charge is -2.18. The molecular formula is C23H21BrClNO6S. The summed E-state index contributed by atoms with van der Waals surface area (Å²) in [5.74, 6) is -0.229. The van der Waals surface area contributed by atoms with Crippen molar-refractivity contribution in [2.24, 2.45) is 0 Å². The van der Waals surface area contributed by atoms with Crippen LogP contribution in [0.3, 0.4) is 0 Å². The van der Waals surface area contributed by atoms with Gasteiger partial charge in [-0.2, -0.15) is 0 Å². The topological polar surface area (TPSA) is 82.1 Å². The van der Waals surface area contributed by atoms with Crippen LogP contribution in [0.1, 0.15) is 25.0 Å². The van der Waals surface area contributed by atoms with E-state index < -0.39 is 23.2 Å². The molecule has 174 valence electrons. The Morgan fingerprint density at radius 1 is 1.21 bits per heavy atom. The predicted molar refractivity (Wildman–Crippen MR) is 130 cm³/mol. The van der Waals surface area contributed by atoms with Gasteiger partial charge in [-0.05, 0) is 83.0 Å². The van der Waals surface area contributed by atoms with E-state index in [1.807, 2.05) is 19.1 Å². The van der Waals surface area contributed by atoms with Crippen LogP contribution in [0.5, 0.6) is 11.5 Å². The first-order valence-electron chi connectivity index (χ1n) is 9.93. The van der Waals surface area contributed by atoms with Crippen LogP contribution in [0, 0.1) is 0 Å².